The van der Waals surface area contributed by atoms with Crippen molar-refractivity contribution < 1.29 is 0 Å². The highest BCUT2D eigenvalue weighted by Gasteiger charge is 2.04. The molecule has 0 saturated carbocycles. The van der Waals surface area contributed by atoms with E-state index in [1.54, 1.807) is 0 Å². The third-order valence-corrected chi connectivity index (χ3v) is 6.20. The Morgan fingerprint density at radius 3 is 1.06 bits per heavy atom. The van der Waals surface area contributed by atoms with Crippen LogP contribution in [0.2, 0.25) is 0 Å². The van der Waals surface area contributed by atoms with Crippen LogP contribution in [-0.4, -0.2) is 15.0 Å². The van der Waals surface area contributed by atoms with E-state index in [0.29, 0.717) is 35.5 Å². The highest BCUT2D eigenvalue weighted by atomic mass is 14.7. The number of hydrogen-bond donors (Lipinski definition) is 0. The molecule has 3 heterocycles. The zero-order valence-electron chi connectivity index (χ0n) is 25.0. The van der Waals surface area contributed by atoms with Crippen molar-refractivity contribution in [1.82, 2.24) is 15.0 Å². The Morgan fingerprint density at radius 1 is 0.389 bits per heavy atom. The number of nitrogens with zero attached hydrogens (tertiary/aromatic N) is 3. The molecule has 36 heavy (non-hydrogen) atoms. The second-order valence-corrected chi connectivity index (χ2v) is 11.5. The standard InChI is InChI=1S/3C11H17N/c1-8(2)10-5-6-12-11(7-10)9(3)4;2*1-8(2)10-5-6-11(9(3)4)12-7-10/h3*5-9H,1-4H3. The monoisotopic (exact) mass is 489 g/mol. The summed E-state index contributed by atoms with van der Waals surface area (Å²) < 4.78 is 0. The molecular weight excluding hydrogens is 438 g/mol. The van der Waals surface area contributed by atoms with Gasteiger partial charge in [-0.05, 0) is 76.5 Å². The fraction of sp³-hybridized carbons (Fsp3) is 0.545. The zero-order chi connectivity index (χ0) is 27.4. The summed E-state index contributed by atoms with van der Waals surface area (Å²) in [5.74, 6) is 3.36. The smallest absolute Gasteiger partial charge is 0.0431 e. The van der Waals surface area contributed by atoms with Crippen LogP contribution in [0.25, 0.3) is 0 Å². The number of hydrogen-bond acceptors (Lipinski definition) is 3. The van der Waals surface area contributed by atoms with Crippen molar-refractivity contribution in [2.24, 2.45) is 0 Å². The first-order valence-corrected chi connectivity index (χ1v) is 13.7. The van der Waals surface area contributed by atoms with Gasteiger partial charge < -0.3 is 0 Å². The van der Waals surface area contributed by atoms with Crippen LogP contribution in [0.5, 0.6) is 0 Å². The highest BCUT2D eigenvalue weighted by Crippen LogP contribution is 2.19. The first-order valence-electron chi connectivity index (χ1n) is 13.7. The van der Waals surface area contributed by atoms with Crippen LogP contribution < -0.4 is 0 Å². The van der Waals surface area contributed by atoms with E-state index >= 15 is 0 Å². The second kappa shape index (κ2) is 15.5. The molecule has 0 atom stereocenters. The number of rotatable bonds is 6. The van der Waals surface area contributed by atoms with Gasteiger partial charge in [-0.25, -0.2) is 0 Å². The van der Waals surface area contributed by atoms with Gasteiger partial charge >= 0.3 is 0 Å². The highest BCUT2D eigenvalue weighted by molar-refractivity contribution is 5.21. The first-order chi connectivity index (χ1) is 16.8. The van der Waals surface area contributed by atoms with Crippen molar-refractivity contribution in [1.29, 1.82) is 0 Å². The van der Waals surface area contributed by atoms with Crippen LogP contribution in [0.1, 0.15) is 152 Å². The molecule has 0 unspecified atom stereocenters. The Hall–Kier alpha value is -2.55. The third-order valence-electron chi connectivity index (χ3n) is 6.20. The van der Waals surface area contributed by atoms with E-state index in [9.17, 15) is 0 Å². The summed E-state index contributed by atoms with van der Waals surface area (Å²) in [5, 5.41) is 0. The maximum Gasteiger partial charge on any atom is 0.0431 e. The van der Waals surface area contributed by atoms with Gasteiger partial charge in [-0.15, -0.1) is 0 Å². The van der Waals surface area contributed by atoms with Crippen molar-refractivity contribution in [3.05, 3.63) is 88.8 Å². The molecule has 0 radical (unpaired) electrons. The summed E-state index contributed by atoms with van der Waals surface area (Å²) >= 11 is 0. The fourth-order valence-corrected chi connectivity index (χ4v) is 3.34. The lowest BCUT2D eigenvalue weighted by atomic mass is 10.0. The predicted molar refractivity (Wildman–Crippen MR) is 157 cm³/mol. The van der Waals surface area contributed by atoms with Crippen molar-refractivity contribution in [3.8, 4) is 0 Å². The third kappa shape index (κ3) is 11.0. The van der Waals surface area contributed by atoms with Gasteiger partial charge in [-0.1, -0.05) is 95.2 Å². The lowest BCUT2D eigenvalue weighted by Gasteiger charge is -2.08. The van der Waals surface area contributed by atoms with Gasteiger partial charge in [-0.2, -0.15) is 0 Å². The van der Waals surface area contributed by atoms with Gasteiger partial charge in [-0.3, -0.25) is 15.0 Å². The van der Waals surface area contributed by atoms with Crippen LogP contribution in [0.3, 0.4) is 0 Å². The second-order valence-electron chi connectivity index (χ2n) is 11.5. The van der Waals surface area contributed by atoms with Crippen molar-refractivity contribution >= 4 is 0 Å². The summed E-state index contributed by atoms with van der Waals surface area (Å²) in [5.41, 5.74) is 7.58. The zero-order valence-corrected chi connectivity index (χ0v) is 25.0. The number of pyridine rings is 3. The van der Waals surface area contributed by atoms with Crippen LogP contribution in [0.4, 0.5) is 0 Å². The molecular formula is C33H51N3. The molecule has 0 fully saturated rings. The number of aromatic nitrogens is 3. The van der Waals surface area contributed by atoms with Crippen LogP contribution in [-0.2, 0) is 0 Å². The minimum atomic E-state index is 0.531. The first kappa shape index (κ1) is 31.5. The van der Waals surface area contributed by atoms with Gasteiger partial charge in [0.25, 0.3) is 0 Å². The van der Waals surface area contributed by atoms with Crippen molar-refractivity contribution in [2.45, 2.75) is 119 Å². The normalized spacial score (nSPS) is 11.2. The van der Waals surface area contributed by atoms with Gasteiger partial charge in [0.05, 0.1) is 0 Å². The molecule has 0 aliphatic heterocycles. The molecule has 0 aliphatic rings. The molecule has 0 aromatic carbocycles. The molecule has 198 valence electrons. The molecule has 0 saturated heterocycles. The van der Waals surface area contributed by atoms with Crippen molar-refractivity contribution in [2.75, 3.05) is 0 Å². The maximum atomic E-state index is 4.40. The maximum absolute atomic E-state index is 4.40. The van der Waals surface area contributed by atoms with Gasteiger partial charge in [0.2, 0.25) is 0 Å². The molecule has 0 amide bonds. The minimum Gasteiger partial charge on any atom is -0.261 e. The molecule has 0 aliphatic carbocycles. The lowest BCUT2D eigenvalue weighted by Crippen LogP contribution is -1.95. The van der Waals surface area contributed by atoms with E-state index in [1.165, 1.54) is 33.8 Å². The molecule has 3 nitrogen and oxygen atoms in total. The largest absolute Gasteiger partial charge is 0.261 e. The molecule has 3 aromatic rings. The van der Waals surface area contributed by atoms with Crippen LogP contribution >= 0.6 is 0 Å². The van der Waals surface area contributed by atoms with Crippen molar-refractivity contribution in [3.63, 3.8) is 0 Å². The average Bonchev–Trinajstić information content (AvgIpc) is 2.85. The predicted octanol–water partition coefficient (Wildman–Crippen LogP) is 9.99. The Labute approximate surface area is 222 Å². The molecule has 3 heteroatoms. The SMILES string of the molecule is CC(C)c1ccc(C(C)C)nc1.CC(C)c1ccc(C(C)C)nc1.CC(C)c1ccnc(C(C)C)c1. The van der Waals surface area contributed by atoms with Crippen LogP contribution in [0, 0.1) is 0 Å². The van der Waals surface area contributed by atoms with E-state index in [-0.39, 0.29) is 0 Å². The lowest BCUT2D eigenvalue weighted by molar-refractivity contribution is 0.799. The summed E-state index contributed by atoms with van der Waals surface area (Å²) in [6.45, 7) is 26.2. The van der Waals surface area contributed by atoms with E-state index in [4.69, 9.17) is 0 Å². The summed E-state index contributed by atoms with van der Waals surface area (Å²) in [6.07, 6.45) is 5.88. The molecule has 0 spiro atoms. The van der Waals surface area contributed by atoms with E-state index in [2.05, 4.69) is 134 Å². The summed E-state index contributed by atoms with van der Waals surface area (Å²) in [6, 6.07) is 12.9. The topological polar surface area (TPSA) is 38.7 Å². The Bertz CT molecular complexity index is 849. The summed E-state index contributed by atoms with van der Waals surface area (Å²) in [4.78, 5) is 13.1. The fourth-order valence-electron chi connectivity index (χ4n) is 3.34. The average molecular weight is 490 g/mol. The van der Waals surface area contributed by atoms with Gasteiger partial charge in [0, 0.05) is 35.7 Å². The van der Waals surface area contributed by atoms with E-state index in [1.807, 2.05) is 18.6 Å². The minimum absolute atomic E-state index is 0.531. The van der Waals surface area contributed by atoms with E-state index in [0.717, 1.165) is 0 Å². The van der Waals surface area contributed by atoms with Crippen LogP contribution in [0.15, 0.2) is 55.0 Å². The molecule has 3 aromatic heterocycles. The quantitative estimate of drug-likeness (QED) is 0.346. The Kier molecular flexibility index (Phi) is 13.6. The van der Waals surface area contributed by atoms with E-state index < -0.39 is 0 Å². The molecule has 3 rings (SSSR count). The Balaban J connectivity index is 0.000000270. The van der Waals surface area contributed by atoms with Gasteiger partial charge in [0.15, 0.2) is 0 Å². The summed E-state index contributed by atoms with van der Waals surface area (Å²) in [7, 11) is 0. The molecule has 0 bridgehead atoms. The van der Waals surface area contributed by atoms with Gasteiger partial charge in [0.1, 0.15) is 0 Å². The Morgan fingerprint density at radius 2 is 0.778 bits per heavy atom. The molecule has 0 N–H and O–H groups in total.